The Hall–Kier alpha value is -1.82. The quantitative estimate of drug-likeness (QED) is 0.645. The van der Waals surface area contributed by atoms with Gasteiger partial charge in [0.15, 0.2) is 0 Å². The first-order chi connectivity index (χ1) is 9.08. The summed E-state index contributed by atoms with van der Waals surface area (Å²) in [5.41, 5.74) is 0.236. The number of carboxylic acids is 1. The van der Waals surface area contributed by atoms with Crippen LogP contribution >= 0.6 is 11.8 Å². The summed E-state index contributed by atoms with van der Waals surface area (Å²) in [7, 11) is 0. The molecule has 1 aromatic rings. The maximum atomic E-state index is 11.6. The normalized spacial score (nSPS) is 19.1. The average Bonchev–Trinajstić information content (AvgIpc) is 2.38. The fourth-order valence-corrected chi connectivity index (χ4v) is 3.04. The predicted molar refractivity (Wildman–Crippen MR) is 70.0 cm³/mol. The monoisotopic (exact) mass is 279 g/mol. The molecule has 5 nitrogen and oxygen atoms in total. The van der Waals surface area contributed by atoms with Crippen LogP contribution in [-0.2, 0) is 9.59 Å². The van der Waals surface area contributed by atoms with Gasteiger partial charge in [-0.15, -0.1) is 11.8 Å². The smallest absolute Gasteiger partial charge is 0.336 e. The average molecular weight is 279 g/mol. The van der Waals surface area contributed by atoms with Crippen LogP contribution in [0.4, 0.5) is 0 Å². The molecule has 100 valence electrons. The molecule has 1 heterocycles. The summed E-state index contributed by atoms with van der Waals surface area (Å²) in [4.78, 5) is 34.3. The van der Waals surface area contributed by atoms with E-state index in [4.69, 9.17) is 5.11 Å². The van der Waals surface area contributed by atoms with Crippen LogP contribution in [0.3, 0.4) is 0 Å². The van der Waals surface area contributed by atoms with Crippen molar-refractivity contribution in [1.82, 2.24) is 5.32 Å². The zero-order chi connectivity index (χ0) is 13.8. The molecule has 2 rings (SSSR count). The summed E-state index contributed by atoms with van der Waals surface area (Å²) in [5.74, 6) is -1.26. The molecule has 1 aliphatic heterocycles. The van der Waals surface area contributed by atoms with Crippen LogP contribution in [0.15, 0.2) is 29.2 Å². The number of carbonyl (C=O) groups excluding carboxylic acids is 2. The van der Waals surface area contributed by atoms with E-state index in [2.05, 4.69) is 5.32 Å². The zero-order valence-corrected chi connectivity index (χ0v) is 10.9. The Morgan fingerprint density at radius 3 is 2.79 bits per heavy atom. The SMILES string of the molecule is O=C1CCC(CSc2ccccc2C(=O)O)C(=O)N1. The summed E-state index contributed by atoms with van der Waals surface area (Å²) in [6, 6.07) is 6.69. The molecule has 0 spiro atoms. The topological polar surface area (TPSA) is 83.5 Å². The number of amides is 2. The van der Waals surface area contributed by atoms with E-state index in [1.54, 1.807) is 18.2 Å². The molecule has 0 saturated carbocycles. The zero-order valence-electron chi connectivity index (χ0n) is 10.1. The van der Waals surface area contributed by atoms with E-state index < -0.39 is 5.97 Å². The minimum Gasteiger partial charge on any atom is -0.478 e. The van der Waals surface area contributed by atoms with Gasteiger partial charge in [0.1, 0.15) is 0 Å². The van der Waals surface area contributed by atoms with Gasteiger partial charge >= 0.3 is 5.97 Å². The second-order valence-corrected chi connectivity index (χ2v) is 5.32. The number of thioether (sulfide) groups is 1. The number of carbonyl (C=O) groups is 3. The van der Waals surface area contributed by atoms with Crippen molar-refractivity contribution in [1.29, 1.82) is 0 Å². The van der Waals surface area contributed by atoms with Crippen molar-refractivity contribution in [2.45, 2.75) is 17.7 Å². The molecule has 1 aliphatic rings. The number of hydrogen-bond acceptors (Lipinski definition) is 4. The third-order valence-electron chi connectivity index (χ3n) is 2.91. The van der Waals surface area contributed by atoms with Gasteiger partial charge in [-0.25, -0.2) is 4.79 Å². The Morgan fingerprint density at radius 2 is 2.11 bits per heavy atom. The molecule has 2 N–H and O–H groups in total. The van der Waals surface area contributed by atoms with Gasteiger partial charge < -0.3 is 5.11 Å². The van der Waals surface area contributed by atoms with E-state index in [-0.39, 0.29) is 23.3 Å². The van der Waals surface area contributed by atoms with E-state index in [1.165, 1.54) is 17.8 Å². The number of benzene rings is 1. The standard InChI is InChI=1S/C13H13NO4S/c15-11-6-5-8(12(16)14-11)7-19-10-4-2-1-3-9(10)13(17)18/h1-4,8H,5-7H2,(H,17,18)(H,14,15,16). The van der Waals surface area contributed by atoms with Crippen LogP contribution in [0.5, 0.6) is 0 Å². The fourth-order valence-electron chi connectivity index (χ4n) is 1.86. The summed E-state index contributed by atoms with van der Waals surface area (Å²) in [6.45, 7) is 0. The molecular formula is C13H13NO4S. The summed E-state index contributed by atoms with van der Waals surface area (Å²) >= 11 is 1.33. The van der Waals surface area contributed by atoms with Gasteiger partial charge in [-0.3, -0.25) is 14.9 Å². The van der Waals surface area contributed by atoms with Gasteiger partial charge in [0, 0.05) is 23.0 Å². The van der Waals surface area contributed by atoms with Gasteiger partial charge in [-0.05, 0) is 18.6 Å². The molecule has 1 aromatic carbocycles. The first-order valence-electron chi connectivity index (χ1n) is 5.86. The van der Waals surface area contributed by atoms with Gasteiger partial charge in [0.25, 0.3) is 0 Å². The number of imide groups is 1. The first-order valence-corrected chi connectivity index (χ1v) is 6.85. The maximum absolute atomic E-state index is 11.6. The Morgan fingerprint density at radius 1 is 1.37 bits per heavy atom. The van der Waals surface area contributed by atoms with Crippen molar-refractivity contribution in [3.8, 4) is 0 Å². The lowest BCUT2D eigenvalue weighted by Crippen LogP contribution is -2.41. The molecule has 0 radical (unpaired) electrons. The highest BCUT2D eigenvalue weighted by atomic mass is 32.2. The Kier molecular flexibility index (Phi) is 4.21. The maximum Gasteiger partial charge on any atom is 0.336 e. The first kappa shape index (κ1) is 13.6. The van der Waals surface area contributed by atoms with Crippen molar-refractivity contribution in [3.63, 3.8) is 0 Å². The molecule has 0 bridgehead atoms. The second kappa shape index (κ2) is 5.88. The minimum atomic E-state index is -0.980. The third kappa shape index (κ3) is 3.35. The minimum absolute atomic E-state index is 0.236. The lowest BCUT2D eigenvalue weighted by molar-refractivity contribution is -0.135. The van der Waals surface area contributed by atoms with Gasteiger partial charge in [0.2, 0.25) is 11.8 Å². The summed E-state index contributed by atoms with van der Waals surface area (Å²) < 4.78 is 0. The molecule has 1 atom stereocenters. The molecule has 1 unspecified atom stereocenters. The van der Waals surface area contributed by atoms with Crippen molar-refractivity contribution in [3.05, 3.63) is 29.8 Å². The Bertz CT molecular complexity index is 529. The molecule has 2 amide bonds. The molecule has 1 saturated heterocycles. The van der Waals surface area contributed by atoms with E-state index >= 15 is 0 Å². The molecule has 0 aromatic heterocycles. The highest BCUT2D eigenvalue weighted by Crippen LogP contribution is 2.27. The lowest BCUT2D eigenvalue weighted by Gasteiger charge is -2.20. The van der Waals surface area contributed by atoms with Crippen molar-refractivity contribution < 1.29 is 19.5 Å². The summed E-state index contributed by atoms with van der Waals surface area (Å²) in [6.07, 6.45) is 0.866. The number of nitrogens with one attached hydrogen (secondary N) is 1. The van der Waals surface area contributed by atoms with Crippen molar-refractivity contribution in [2.75, 3.05) is 5.75 Å². The molecule has 1 fully saturated rings. The Balaban J connectivity index is 2.01. The van der Waals surface area contributed by atoms with E-state index in [9.17, 15) is 14.4 Å². The Labute approximate surface area is 114 Å². The van der Waals surface area contributed by atoms with Crippen LogP contribution < -0.4 is 5.32 Å². The molecular weight excluding hydrogens is 266 g/mol. The summed E-state index contributed by atoms with van der Waals surface area (Å²) in [5, 5.41) is 11.3. The number of piperidine rings is 1. The van der Waals surface area contributed by atoms with Crippen LogP contribution in [-0.4, -0.2) is 28.6 Å². The van der Waals surface area contributed by atoms with Crippen LogP contribution in [0, 0.1) is 5.92 Å². The highest BCUT2D eigenvalue weighted by Gasteiger charge is 2.26. The van der Waals surface area contributed by atoms with E-state index in [0.717, 1.165) is 0 Å². The van der Waals surface area contributed by atoms with Crippen LogP contribution in [0.1, 0.15) is 23.2 Å². The van der Waals surface area contributed by atoms with Crippen molar-refractivity contribution in [2.24, 2.45) is 5.92 Å². The van der Waals surface area contributed by atoms with E-state index in [0.29, 0.717) is 23.5 Å². The second-order valence-electron chi connectivity index (χ2n) is 4.26. The highest BCUT2D eigenvalue weighted by molar-refractivity contribution is 7.99. The van der Waals surface area contributed by atoms with Crippen LogP contribution in [0.25, 0.3) is 0 Å². The number of hydrogen-bond donors (Lipinski definition) is 2. The van der Waals surface area contributed by atoms with Gasteiger partial charge in [0.05, 0.1) is 5.56 Å². The largest absolute Gasteiger partial charge is 0.478 e. The number of rotatable bonds is 4. The number of aromatic carboxylic acids is 1. The molecule has 0 aliphatic carbocycles. The van der Waals surface area contributed by atoms with E-state index in [1.807, 2.05) is 0 Å². The van der Waals surface area contributed by atoms with Gasteiger partial charge in [-0.2, -0.15) is 0 Å². The number of carboxylic acid groups (broad SMARTS) is 1. The van der Waals surface area contributed by atoms with Gasteiger partial charge in [-0.1, -0.05) is 12.1 Å². The molecule has 6 heteroatoms. The molecule has 19 heavy (non-hydrogen) atoms. The third-order valence-corrected chi connectivity index (χ3v) is 4.15. The van der Waals surface area contributed by atoms with Crippen molar-refractivity contribution >= 4 is 29.5 Å². The van der Waals surface area contributed by atoms with Crippen LogP contribution in [0.2, 0.25) is 0 Å². The fraction of sp³-hybridized carbons (Fsp3) is 0.308. The lowest BCUT2D eigenvalue weighted by atomic mass is 10.0. The predicted octanol–water partition coefficient (Wildman–Crippen LogP) is 1.53.